The Morgan fingerprint density at radius 1 is 1.08 bits per heavy atom. The summed E-state index contributed by atoms with van der Waals surface area (Å²) in [5, 5.41) is 6.09. The molecule has 2 rings (SSSR count). The number of ether oxygens (including phenoxy) is 1. The highest BCUT2D eigenvalue weighted by Gasteiger charge is 2.08. The van der Waals surface area contributed by atoms with E-state index in [2.05, 4.69) is 30.5 Å². The SMILES string of the molecule is Cc1ccc(NC(=O)CNc2ccccc2OCC(C)C)c(C)c1. The summed E-state index contributed by atoms with van der Waals surface area (Å²) in [5.74, 6) is 1.14. The van der Waals surface area contributed by atoms with Crippen LogP contribution in [0.5, 0.6) is 5.75 Å². The summed E-state index contributed by atoms with van der Waals surface area (Å²) >= 11 is 0. The van der Waals surface area contributed by atoms with Gasteiger partial charge in [-0.3, -0.25) is 4.79 Å². The lowest BCUT2D eigenvalue weighted by molar-refractivity contribution is -0.114. The van der Waals surface area contributed by atoms with Gasteiger partial charge in [-0.2, -0.15) is 0 Å². The second-order valence-corrected chi connectivity index (χ2v) is 6.42. The number of carbonyl (C=O) groups excluding carboxylic acids is 1. The Labute approximate surface area is 144 Å². The van der Waals surface area contributed by atoms with Crippen molar-refractivity contribution < 1.29 is 9.53 Å². The maximum Gasteiger partial charge on any atom is 0.243 e. The molecule has 0 aliphatic rings. The zero-order valence-electron chi connectivity index (χ0n) is 14.8. The number of hydrogen-bond donors (Lipinski definition) is 2. The normalized spacial score (nSPS) is 10.5. The van der Waals surface area contributed by atoms with Crippen LogP contribution in [0, 0.1) is 19.8 Å². The van der Waals surface area contributed by atoms with Gasteiger partial charge in [-0.05, 0) is 43.5 Å². The zero-order chi connectivity index (χ0) is 17.5. The van der Waals surface area contributed by atoms with E-state index in [1.54, 1.807) is 0 Å². The highest BCUT2D eigenvalue weighted by atomic mass is 16.5. The van der Waals surface area contributed by atoms with Crippen LogP contribution in [0.25, 0.3) is 0 Å². The van der Waals surface area contributed by atoms with E-state index < -0.39 is 0 Å². The summed E-state index contributed by atoms with van der Waals surface area (Å²) in [6.45, 7) is 9.07. The minimum Gasteiger partial charge on any atom is -0.491 e. The first-order valence-corrected chi connectivity index (χ1v) is 8.28. The molecule has 2 N–H and O–H groups in total. The molecule has 0 unspecified atom stereocenters. The van der Waals surface area contributed by atoms with E-state index in [1.165, 1.54) is 5.56 Å². The van der Waals surface area contributed by atoms with Gasteiger partial charge in [0, 0.05) is 5.69 Å². The fraction of sp³-hybridized carbons (Fsp3) is 0.350. The molecule has 0 atom stereocenters. The third-order valence-corrected chi connectivity index (χ3v) is 3.55. The highest BCUT2D eigenvalue weighted by molar-refractivity contribution is 5.94. The molecule has 2 aromatic carbocycles. The summed E-state index contributed by atoms with van der Waals surface area (Å²) in [5.41, 5.74) is 3.91. The molecule has 0 radical (unpaired) electrons. The van der Waals surface area contributed by atoms with Crippen LogP contribution in [0.15, 0.2) is 42.5 Å². The van der Waals surface area contributed by atoms with E-state index in [0.717, 1.165) is 22.7 Å². The molecule has 0 saturated carbocycles. The molecule has 0 bridgehead atoms. The van der Waals surface area contributed by atoms with Crippen molar-refractivity contribution in [2.45, 2.75) is 27.7 Å². The highest BCUT2D eigenvalue weighted by Crippen LogP contribution is 2.24. The molecule has 0 saturated heterocycles. The number of aryl methyl sites for hydroxylation is 2. The number of para-hydroxylation sites is 2. The Morgan fingerprint density at radius 2 is 1.83 bits per heavy atom. The van der Waals surface area contributed by atoms with E-state index in [-0.39, 0.29) is 12.5 Å². The van der Waals surface area contributed by atoms with Crippen LogP contribution in [-0.4, -0.2) is 19.1 Å². The van der Waals surface area contributed by atoms with Gasteiger partial charge in [-0.15, -0.1) is 0 Å². The first kappa shape index (κ1) is 17.9. The molecule has 24 heavy (non-hydrogen) atoms. The molecule has 4 nitrogen and oxygen atoms in total. The van der Waals surface area contributed by atoms with Crippen molar-refractivity contribution in [3.05, 3.63) is 53.6 Å². The van der Waals surface area contributed by atoms with Crippen LogP contribution in [0.1, 0.15) is 25.0 Å². The number of amides is 1. The van der Waals surface area contributed by atoms with Gasteiger partial charge in [0.25, 0.3) is 0 Å². The second-order valence-electron chi connectivity index (χ2n) is 6.42. The molecule has 0 heterocycles. The molecule has 128 valence electrons. The van der Waals surface area contributed by atoms with Crippen molar-refractivity contribution in [3.8, 4) is 5.75 Å². The summed E-state index contributed by atoms with van der Waals surface area (Å²) in [4.78, 5) is 12.2. The predicted molar refractivity (Wildman–Crippen MR) is 99.8 cm³/mol. The molecule has 0 fully saturated rings. The van der Waals surface area contributed by atoms with Crippen LogP contribution in [0.3, 0.4) is 0 Å². The van der Waals surface area contributed by atoms with Crippen LogP contribution in [-0.2, 0) is 4.79 Å². The smallest absolute Gasteiger partial charge is 0.243 e. The number of anilines is 2. The van der Waals surface area contributed by atoms with Crippen molar-refractivity contribution in [1.82, 2.24) is 0 Å². The lowest BCUT2D eigenvalue weighted by Crippen LogP contribution is -2.22. The van der Waals surface area contributed by atoms with E-state index in [0.29, 0.717) is 12.5 Å². The maximum atomic E-state index is 12.2. The molecular weight excluding hydrogens is 300 g/mol. The van der Waals surface area contributed by atoms with Crippen LogP contribution >= 0.6 is 0 Å². The largest absolute Gasteiger partial charge is 0.491 e. The van der Waals surface area contributed by atoms with Crippen molar-refractivity contribution in [2.24, 2.45) is 5.92 Å². The fourth-order valence-corrected chi connectivity index (χ4v) is 2.32. The first-order valence-electron chi connectivity index (χ1n) is 8.28. The summed E-state index contributed by atoms with van der Waals surface area (Å²) in [7, 11) is 0. The van der Waals surface area contributed by atoms with Crippen molar-refractivity contribution >= 4 is 17.3 Å². The first-order chi connectivity index (χ1) is 11.5. The Bertz CT molecular complexity index is 696. The third kappa shape index (κ3) is 5.30. The topological polar surface area (TPSA) is 50.4 Å². The van der Waals surface area contributed by atoms with Gasteiger partial charge in [0.15, 0.2) is 0 Å². The van der Waals surface area contributed by atoms with Crippen molar-refractivity contribution in [3.63, 3.8) is 0 Å². The van der Waals surface area contributed by atoms with Gasteiger partial charge >= 0.3 is 0 Å². The minimum absolute atomic E-state index is 0.0828. The molecule has 1 amide bonds. The summed E-state index contributed by atoms with van der Waals surface area (Å²) in [6.07, 6.45) is 0. The van der Waals surface area contributed by atoms with Crippen LogP contribution in [0.4, 0.5) is 11.4 Å². The Balaban J connectivity index is 1.94. The fourth-order valence-electron chi connectivity index (χ4n) is 2.32. The predicted octanol–water partition coefficient (Wildman–Crippen LogP) is 4.39. The van der Waals surface area contributed by atoms with E-state index in [4.69, 9.17) is 4.74 Å². The number of hydrogen-bond acceptors (Lipinski definition) is 3. The summed E-state index contributed by atoms with van der Waals surface area (Å²) in [6, 6.07) is 13.7. The van der Waals surface area contributed by atoms with Gasteiger partial charge in [0.05, 0.1) is 18.8 Å². The van der Waals surface area contributed by atoms with E-state index in [9.17, 15) is 4.79 Å². The van der Waals surface area contributed by atoms with E-state index >= 15 is 0 Å². The van der Waals surface area contributed by atoms with Crippen LogP contribution < -0.4 is 15.4 Å². The minimum atomic E-state index is -0.0828. The van der Waals surface area contributed by atoms with Crippen molar-refractivity contribution in [1.29, 1.82) is 0 Å². The standard InChI is InChI=1S/C20H26N2O2/c1-14(2)13-24-19-8-6-5-7-18(19)21-12-20(23)22-17-10-9-15(3)11-16(17)4/h5-11,14,21H,12-13H2,1-4H3,(H,22,23). The molecule has 0 aliphatic heterocycles. The average molecular weight is 326 g/mol. The Kier molecular flexibility index (Phi) is 6.24. The quantitative estimate of drug-likeness (QED) is 0.793. The van der Waals surface area contributed by atoms with Gasteiger partial charge < -0.3 is 15.4 Å². The zero-order valence-corrected chi connectivity index (χ0v) is 14.8. The Hall–Kier alpha value is -2.49. The molecule has 4 heteroatoms. The maximum absolute atomic E-state index is 12.2. The van der Waals surface area contributed by atoms with Crippen LogP contribution in [0.2, 0.25) is 0 Å². The van der Waals surface area contributed by atoms with Gasteiger partial charge in [-0.1, -0.05) is 43.7 Å². The van der Waals surface area contributed by atoms with Gasteiger partial charge in [0.1, 0.15) is 5.75 Å². The van der Waals surface area contributed by atoms with E-state index in [1.807, 2.05) is 50.2 Å². The van der Waals surface area contributed by atoms with Crippen molar-refractivity contribution in [2.75, 3.05) is 23.8 Å². The monoisotopic (exact) mass is 326 g/mol. The molecule has 0 aliphatic carbocycles. The molecule has 0 spiro atoms. The number of nitrogens with one attached hydrogen (secondary N) is 2. The van der Waals surface area contributed by atoms with Gasteiger partial charge in [0.2, 0.25) is 5.91 Å². The lowest BCUT2D eigenvalue weighted by Gasteiger charge is -2.15. The molecule has 2 aromatic rings. The number of rotatable bonds is 7. The lowest BCUT2D eigenvalue weighted by atomic mass is 10.1. The average Bonchev–Trinajstić information content (AvgIpc) is 2.54. The number of carbonyl (C=O) groups is 1. The Morgan fingerprint density at radius 3 is 2.54 bits per heavy atom. The van der Waals surface area contributed by atoms with Gasteiger partial charge in [-0.25, -0.2) is 0 Å². The second kappa shape index (κ2) is 8.39. The third-order valence-electron chi connectivity index (χ3n) is 3.55. The molecular formula is C20H26N2O2. The summed E-state index contributed by atoms with van der Waals surface area (Å²) < 4.78 is 5.79. The molecule has 0 aromatic heterocycles. The number of benzene rings is 2.